The van der Waals surface area contributed by atoms with Gasteiger partial charge in [0.1, 0.15) is 17.7 Å². The van der Waals surface area contributed by atoms with E-state index in [2.05, 4.69) is 0 Å². The molecule has 0 aliphatic rings. The van der Waals surface area contributed by atoms with Crippen LogP contribution in [-0.4, -0.2) is 6.54 Å². The molecule has 0 amide bonds. The van der Waals surface area contributed by atoms with E-state index in [9.17, 15) is 4.39 Å². The monoisotopic (exact) mass is 265 g/mol. The molecule has 0 spiro atoms. The molecule has 2 aromatic carbocycles. The Morgan fingerprint density at radius 3 is 2.50 bits per heavy atom. The minimum atomic E-state index is -0.465. The predicted molar refractivity (Wildman–Crippen MR) is 70.3 cm³/mol. The lowest BCUT2D eigenvalue weighted by Gasteiger charge is -2.18. The van der Waals surface area contributed by atoms with Crippen LogP contribution in [0.3, 0.4) is 0 Å². The van der Waals surface area contributed by atoms with E-state index in [0.29, 0.717) is 12.3 Å². The zero-order chi connectivity index (χ0) is 13.0. The first-order valence-electron chi connectivity index (χ1n) is 5.57. The summed E-state index contributed by atoms with van der Waals surface area (Å²) >= 11 is 5.70. The minimum Gasteiger partial charge on any atom is -0.484 e. The fraction of sp³-hybridized carbons (Fsp3) is 0.143. The van der Waals surface area contributed by atoms with Gasteiger partial charge in [0.05, 0.1) is 5.02 Å². The Labute approximate surface area is 110 Å². The second-order valence-corrected chi connectivity index (χ2v) is 4.24. The molecule has 0 saturated heterocycles. The molecule has 0 aliphatic carbocycles. The molecule has 0 saturated carbocycles. The van der Waals surface area contributed by atoms with Gasteiger partial charge in [0, 0.05) is 12.6 Å². The predicted octanol–water partition coefficient (Wildman–Crippen LogP) is 3.56. The van der Waals surface area contributed by atoms with Crippen LogP contribution in [-0.2, 0) is 0 Å². The third-order valence-electron chi connectivity index (χ3n) is 2.55. The van der Waals surface area contributed by atoms with Crippen LogP contribution >= 0.6 is 11.6 Å². The second-order valence-electron chi connectivity index (χ2n) is 3.83. The number of rotatable bonds is 4. The molecular weight excluding hydrogens is 253 g/mol. The lowest BCUT2D eigenvalue weighted by atomic mass is 10.1. The fourth-order valence-corrected chi connectivity index (χ4v) is 1.80. The first-order chi connectivity index (χ1) is 8.70. The molecule has 1 unspecified atom stereocenters. The van der Waals surface area contributed by atoms with Gasteiger partial charge in [-0.15, -0.1) is 0 Å². The van der Waals surface area contributed by atoms with Crippen molar-refractivity contribution in [2.75, 3.05) is 6.54 Å². The van der Waals surface area contributed by atoms with Crippen LogP contribution in [0.25, 0.3) is 0 Å². The van der Waals surface area contributed by atoms with Crippen LogP contribution < -0.4 is 10.5 Å². The van der Waals surface area contributed by atoms with E-state index in [1.807, 2.05) is 30.3 Å². The highest BCUT2D eigenvalue weighted by Gasteiger charge is 2.11. The van der Waals surface area contributed by atoms with Gasteiger partial charge >= 0.3 is 0 Å². The van der Waals surface area contributed by atoms with Crippen LogP contribution in [0.5, 0.6) is 5.75 Å². The Balaban J connectivity index is 2.18. The van der Waals surface area contributed by atoms with Crippen LogP contribution in [0.15, 0.2) is 48.5 Å². The quantitative estimate of drug-likeness (QED) is 0.917. The SMILES string of the molecule is NCC(Oc1ccc(F)c(Cl)c1)c1ccccc1. The summed E-state index contributed by atoms with van der Waals surface area (Å²) < 4.78 is 18.7. The average molecular weight is 266 g/mol. The Morgan fingerprint density at radius 1 is 1.17 bits per heavy atom. The standard InChI is InChI=1S/C14H13ClFNO/c15-12-8-11(6-7-13(12)16)18-14(9-17)10-4-2-1-3-5-10/h1-8,14H,9,17H2. The van der Waals surface area contributed by atoms with Crippen molar-refractivity contribution in [3.05, 3.63) is 64.9 Å². The summed E-state index contributed by atoms with van der Waals surface area (Å²) in [7, 11) is 0. The largest absolute Gasteiger partial charge is 0.484 e. The third kappa shape index (κ3) is 3.00. The zero-order valence-electron chi connectivity index (χ0n) is 9.64. The molecule has 0 aromatic heterocycles. The van der Waals surface area contributed by atoms with Gasteiger partial charge in [-0.3, -0.25) is 0 Å². The molecule has 0 radical (unpaired) electrons. The Kier molecular flexibility index (Phi) is 4.18. The highest BCUT2D eigenvalue weighted by atomic mass is 35.5. The van der Waals surface area contributed by atoms with E-state index >= 15 is 0 Å². The number of halogens is 2. The average Bonchev–Trinajstić information content (AvgIpc) is 2.41. The van der Waals surface area contributed by atoms with Gasteiger partial charge in [-0.05, 0) is 17.7 Å². The summed E-state index contributed by atoms with van der Waals surface area (Å²) in [5.41, 5.74) is 6.66. The van der Waals surface area contributed by atoms with Gasteiger partial charge in [-0.25, -0.2) is 4.39 Å². The molecule has 0 bridgehead atoms. The number of hydrogen-bond donors (Lipinski definition) is 1. The molecule has 0 heterocycles. The first-order valence-corrected chi connectivity index (χ1v) is 5.95. The van der Waals surface area contributed by atoms with Crippen molar-refractivity contribution in [3.63, 3.8) is 0 Å². The summed E-state index contributed by atoms with van der Waals surface area (Å²) in [5.74, 6) is 0.0359. The molecule has 0 fully saturated rings. The molecule has 2 nitrogen and oxygen atoms in total. The van der Waals surface area contributed by atoms with E-state index in [0.717, 1.165) is 5.56 Å². The summed E-state index contributed by atoms with van der Waals surface area (Å²) in [6.45, 7) is 0.332. The van der Waals surface area contributed by atoms with E-state index in [1.54, 1.807) is 0 Å². The molecule has 2 rings (SSSR count). The molecule has 2 aromatic rings. The van der Waals surface area contributed by atoms with Crippen molar-refractivity contribution in [2.24, 2.45) is 5.73 Å². The maximum Gasteiger partial charge on any atom is 0.142 e. The van der Waals surface area contributed by atoms with E-state index in [4.69, 9.17) is 22.1 Å². The van der Waals surface area contributed by atoms with Crippen LogP contribution in [0.1, 0.15) is 11.7 Å². The highest BCUT2D eigenvalue weighted by molar-refractivity contribution is 6.30. The Bertz CT molecular complexity index is 518. The smallest absolute Gasteiger partial charge is 0.142 e. The van der Waals surface area contributed by atoms with Gasteiger partial charge in [0.15, 0.2) is 0 Å². The normalized spacial score (nSPS) is 12.2. The second kappa shape index (κ2) is 5.85. The molecule has 18 heavy (non-hydrogen) atoms. The zero-order valence-corrected chi connectivity index (χ0v) is 10.4. The maximum atomic E-state index is 13.0. The molecule has 2 N–H and O–H groups in total. The third-order valence-corrected chi connectivity index (χ3v) is 2.84. The topological polar surface area (TPSA) is 35.2 Å². The lowest BCUT2D eigenvalue weighted by molar-refractivity contribution is 0.214. The van der Waals surface area contributed by atoms with Crippen LogP contribution in [0, 0.1) is 5.82 Å². The summed E-state index contributed by atoms with van der Waals surface area (Å²) in [5, 5.41) is 0.0383. The summed E-state index contributed by atoms with van der Waals surface area (Å²) in [4.78, 5) is 0. The van der Waals surface area contributed by atoms with Gasteiger partial charge in [0.2, 0.25) is 0 Å². The van der Waals surface area contributed by atoms with Crippen LogP contribution in [0.4, 0.5) is 4.39 Å². The lowest BCUT2D eigenvalue weighted by Crippen LogP contribution is -2.18. The molecular formula is C14H13ClFNO. The molecule has 0 aliphatic heterocycles. The van der Waals surface area contributed by atoms with Crippen molar-refractivity contribution < 1.29 is 9.13 Å². The first kappa shape index (κ1) is 12.9. The van der Waals surface area contributed by atoms with Crippen LogP contribution in [0.2, 0.25) is 5.02 Å². The maximum absolute atomic E-state index is 13.0. The fourth-order valence-electron chi connectivity index (χ4n) is 1.63. The van der Waals surface area contributed by atoms with E-state index < -0.39 is 5.82 Å². The number of hydrogen-bond acceptors (Lipinski definition) is 2. The minimum absolute atomic E-state index is 0.0383. The van der Waals surface area contributed by atoms with Gasteiger partial charge < -0.3 is 10.5 Å². The summed E-state index contributed by atoms with van der Waals surface area (Å²) in [6, 6.07) is 13.9. The van der Waals surface area contributed by atoms with Crippen molar-refractivity contribution in [3.8, 4) is 5.75 Å². The van der Waals surface area contributed by atoms with E-state index in [-0.39, 0.29) is 11.1 Å². The van der Waals surface area contributed by atoms with Gasteiger partial charge in [-0.2, -0.15) is 0 Å². The number of benzene rings is 2. The van der Waals surface area contributed by atoms with Crippen molar-refractivity contribution >= 4 is 11.6 Å². The van der Waals surface area contributed by atoms with E-state index in [1.165, 1.54) is 18.2 Å². The molecule has 94 valence electrons. The Morgan fingerprint density at radius 2 is 1.89 bits per heavy atom. The molecule has 4 heteroatoms. The molecule has 1 atom stereocenters. The summed E-state index contributed by atoms with van der Waals surface area (Å²) in [6.07, 6.45) is -0.271. The number of ether oxygens (including phenoxy) is 1. The van der Waals surface area contributed by atoms with Crippen molar-refractivity contribution in [2.45, 2.75) is 6.10 Å². The van der Waals surface area contributed by atoms with Gasteiger partial charge in [0.25, 0.3) is 0 Å². The Hall–Kier alpha value is -1.58. The van der Waals surface area contributed by atoms with Gasteiger partial charge in [-0.1, -0.05) is 41.9 Å². The van der Waals surface area contributed by atoms with Crippen molar-refractivity contribution in [1.29, 1.82) is 0 Å². The highest BCUT2D eigenvalue weighted by Crippen LogP contribution is 2.25. The number of nitrogens with two attached hydrogens (primary N) is 1. The van der Waals surface area contributed by atoms with Crippen molar-refractivity contribution in [1.82, 2.24) is 0 Å².